The van der Waals surface area contributed by atoms with Crippen molar-refractivity contribution in [2.45, 2.75) is 70.3 Å². The molecule has 7 heteroatoms. The molecule has 2 amide bonds. The lowest BCUT2D eigenvalue weighted by Gasteiger charge is -2.34. The number of rotatable bonds is 6. The van der Waals surface area contributed by atoms with Gasteiger partial charge in [-0.15, -0.1) is 0 Å². The lowest BCUT2D eigenvalue weighted by atomic mass is 9.71. The monoisotopic (exact) mass is 492 g/mol. The number of hydrogen-bond acceptors (Lipinski definition) is 5. The maximum Gasteiger partial charge on any atom is 0.264 e. The Balaban J connectivity index is 1.51. The van der Waals surface area contributed by atoms with Gasteiger partial charge in [-0.25, -0.2) is 0 Å². The molecule has 192 valence electrons. The van der Waals surface area contributed by atoms with E-state index in [0.29, 0.717) is 25.9 Å². The molecule has 0 unspecified atom stereocenters. The van der Waals surface area contributed by atoms with E-state index in [9.17, 15) is 19.8 Å². The second kappa shape index (κ2) is 9.29. The molecule has 0 aliphatic carbocycles. The summed E-state index contributed by atoms with van der Waals surface area (Å²) in [7, 11) is 0. The molecule has 2 aromatic rings. The third-order valence-electron chi connectivity index (χ3n) is 8.19. The Bertz CT molecular complexity index is 1160. The summed E-state index contributed by atoms with van der Waals surface area (Å²) in [4.78, 5) is 30.3. The van der Waals surface area contributed by atoms with Crippen molar-refractivity contribution in [3.8, 4) is 0 Å². The van der Waals surface area contributed by atoms with Gasteiger partial charge < -0.3 is 24.7 Å². The van der Waals surface area contributed by atoms with Gasteiger partial charge in [0.15, 0.2) is 5.60 Å². The van der Waals surface area contributed by atoms with E-state index in [1.165, 1.54) is 0 Å². The fourth-order valence-corrected chi connectivity index (χ4v) is 6.67. The molecule has 2 aromatic carbocycles. The molecule has 5 rings (SSSR count). The lowest BCUT2D eigenvalue weighted by Crippen LogP contribution is -2.46. The summed E-state index contributed by atoms with van der Waals surface area (Å²) in [5.74, 6) is -0.633. The van der Waals surface area contributed by atoms with Crippen molar-refractivity contribution in [3.05, 3.63) is 59.7 Å². The number of aliphatic hydroxyl groups is 2. The van der Waals surface area contributed by atoms with Crippen LogP contribution in [0.1, 0.15) is 57.6 Å². The van der Waals surface area contributed by atoms with Crippen LogP contribution in [0.4, 0.5) is 11.4 Å². The fraction of sp³-hybridized carbons (Fsp3) is 0.517. The predicted molar refractivity (Wildman–Crippen MR) is 137 cm³/mol. The van der Waals surface area contributed by atoms with Crippen LogP contribution in [0, 0.1) is 11.8 Å². The first-order chi connectivity index (χ1) is 17.2. The van der Waals surface area contributed by atoms with Crippen molar-refractivity contribution in [2.24, 2.45) is 11.8 Å². The Labute approximate surface area is 212 Å². The molecule has 4 atom stereocenters. The van der Waals surface area contributed by atoms with E-state index in [4.69, 9.17) is 4.74 Å². The van der Waals surface area contributed by atoms with Crippen LogP contribution in [-0.4, -0.2) is 46.9 Å². The molecule has 0 bridgehead atoms. The van der Waals surface area contributed by atoms with Gasteiger partial charge in [0, 0.05) is 42.7 Å². The third-order valence-corrected chi connectivity index (χ3v) is 8.19. The Hall–Kier alpha value is -2.74. The number of aliphatic hydroxyl groups excluding tert-OH is 1. The van der Waals surface area contributed by atoms with Crippen LogP contribution < -0.4 is 9.80 Å². The molecule has 3 heterocycles. The van der Waals surface area contributed by atoms with Crippen LogP contribution in [0.25, 0.3) is 0 Å². The molecular weight excluding hydrogens is 456 g/mol. The van der Waals surface area contributed by atoms with Crippen LogP contribution in [0.3, 0.4) is 0 Å². The minimum atomic E-state index is -1.22. The molecule has 2 saturated heterocycles. The quantitative estimate of drug-likeness (QED) is 0.641. The molecule has 2 fully saturated rings. The number of anilines is 2. The first-order valence-electron chi connectivity index (χ1n) is 13.0. The predicted octanol–water partition coefficient (Wildman–Crippen LogP) is 3.75. The van der Waals surface area contributed by atoms with Gasteiger partial charge in [-0.2, -0.15) is 0 Å². The number of benzene rings is 2. The smallest absolute Gasteiger partial charge is 0.264 e. The Morgan fingerprint density at radius 1 is 1.11 bits per heavy atom. The highest BCUT2D eigenvalue weighted by atomic mass is 16.5. The molecule has 7 nitrogen and oxygen atoms in total. The fourth-order valence-electron chi connectivity index (χ4n) is 6.67. The van der Waals surface area contributed by atoms with Crippen molar-refractivity contribution in [1.29, 1.82) is 0 Å². The second-order valence-corrected chi connectivity index (χ2v) is 11.0. The van der Waals surface area contributed by atoms with Gasteiger partial charge in [-0.3, -0.25) is 9.59 Å². The van der Waals surface area contributed by atoms with E-state index >= 15 is 0 Å². The Morgan fingerprint density at radius 2 is 1.89 bits per heavy atom. The lowest BCUT2D eigenvalue weighted by molar-refractivity contribution is -0.146. The average molecular weight is 493 g/mol. The first kappa shape index (κ1) is 24.9. The van der Waals surface area contributed by atoms with Crippen LogP contribution >= 0.6 is 0 Å². The van der Waals surface area contributed by atoms with E-state index in [0.717, 1.165) is 35.3 Å². The highest BCUT2D eigenvalue weighted by Gasteiger charge is 2.65. The van der Waals surface area contributed by atoms with Gasteiger partial charge in [-0.1, -0.05) is 37.3 Å². The number of ether oxygens (including phenoxy) is 1. The summed E-state index contributed by atoms with van der Waals surface area (Å²) in [6, 6.07) is 15.6. The zero-order chi connectivity index (χ0) is 25.7. The maximum atomic E-state index is 14.3. The minimum absolute atomic E-state index is 0.0817. The van der Waals surface area contributed by atoms with Crippen molar-refractivity contribution in [3.63, 3.8) is 0 Å². The molecule has 1 spiro atoms. The van der Waals surface area contributed by atoms with E-state index in [2.05, 4.69) is 0 Å². The van der Waals surface area contributed by atoms with Gasteiger partial charge >= 0.3 is 0 Å². The summed E-state index contributed by atoms with van der Waals surface area (Å²) in [6.45, 7) is 6.45. The average Bonchev–Trinajstić information content (AvgIpc) is 3.27. The standard InChI is InChI=1S/C29H36N2O5/c1-19-26(28(2,3)35)24(14-16-32)36-29(19)22-11-4-5-12-23(22)31(27(29)34)18-20-9-8-10-21(17-20)30-15-7-6-13-25(30)33/h4-5,8-12,17,19,24,26,32,35H,6-7,13-16,18H2,1-3H3/t19-,24+,26-,29+/m0/s1. The second-order valence-electron chi connectivity index (χ2n) is 11.0. The topological polar surface area (TPSA) is 90.3 Å². The summed E-state index contributed by atoms with van der Waals surface area (Å²) >= 11 is 0. The van der Waals surface area contributed by atoms with Gasteiger partial charge in [0.2, 0.25) is 5.91 Å². The van der Waals surface area contributed by atoms with Crippen molar-refractivity contribution >= 4 is 23.2 Å². The highest BCUT2D eigenvalue weighted by molar-refractivity contribution is 6.07. The van der Waals surface area contributed by atoms with Crippen LogP contribution in [-0.2, 0) is 26.5 Å². The van der Waals surface area contributed by atoms with Crippen LogP contribution in [0.5, 0.6) is 0 Å². The number of fused-ring (bicyclic) bond motifs is 2. The number of carbonyl (C=O) groups is 2. The summed E-state index contributed by atoms with van der Waals surface area (Å²) < 4.78 is 6.58. The number of para-hydroxylation sites is 1. The summed E-state index contributed by atoms with van der Waals surface area (Å²) in [6.07, 6.45) is 2.38. The highest BCUT2D eigenvalue weighted by Crippen LogP contribution is 2.57. The largest absolute Gasteiger partial charge is 0.396 e. The molecule has 3 aliphatic rings. The zero-order valence-corrected chi connectivity index (χ0v) is 21.3. The third kappa shape index (κ3) is 3.94. The van der Waals surface area contributed by atoms with Gasteiger partial charge in [0.25, 0.3) is 5.91 Å². The number of hydrogen-bond donors (Lipinski definition) is 2. The number of nitrogens with zero attached hydrogens (tertiary/aromatic N) is 2. The van der Waals surface area contributed by atoms with Crippen molar-refractivity contribution < 1.29 is 24.5 Å². The number of amides is 2. The molecule has 0 saturated carbocycles. The van der Waals surface area contributed by atoms with E-state index in [1.54, 1.807) is 18.7 Å². The Kier molecular flexibility index (Phi) is 6.43. The van der Waals surface area contributed by atoms with Crippen molar-refractivity contribution in [2.75, 3.05) is 23.0 Å². The summed E-state index contributed by atoms with van der Waals surface area (Å²) in [5.41, 5.74) is 1.10. The van der Waals surface area contributed by atoms with Crippen LogP contribution in [0.2, 0.25) is 0 Å². The van der Waals surface area contributed by atoms with Crippen molar-refractivity contribution in [1.82, 2.24) is 0 Å². The Morgan fingerprint density at radius 3 is 2.61 bits per heavy atom. The first-order valence-corrected chi connectivity index (χ1v) is 13.0. The van der Waals surface area contributed by atoms with Gasteiger partial charge in [0.05, 0.1) is 23.9 Å². The van der Waals surface area contributed by atoms with Crippen LogP contribution in [0.15, 0.2) is 48.5 Å². The number of carbonyl (C=O) groups excluding carboxylic acids is 2. The molecule has 3 aliphatic heterocycles. The van der Waals surface area contributed by atoms with E-state index < -0.39 is 17.3 Å². The van der Waals surface area contributed by atoms with E-state index in [1.807, 2.05) is 60.4 Å². The van der Waals surface area contributed by atoms with Gasteiger partial charge in [-0.05, 0) is 56.9 Å². The molecule has 0 radical (unpaired) electrons. The summed E-state index contributed by atoms with van der Waals surface area (Å²) in [5, 5.41) is 20.7. The molecule has 36 heavy (non-hydrogen) atoms. The van der Waals surface area contributed by atoms with E-state index in [-0.39, 0.29) is 30.3 Å². The number of piperidine rings is 1. The molecular formula is C29H36N2O5. The zero-order valence-electron chi connectivity index (χ0n) is 21.3. The minimum Gasteiger partial charge on any atom is -0.396 e. The molecule has 0 aromatic heterocycles. The molecule has 2 N–H and O–H groups in total. The maximum absolute atomic E-state index is 14.3. The SMILES string of the molecule is C[C@H]1[C@H](C(C)(C)O)[C@@H](CCO)O[C@]12C(=O)N(Cc1cccc(N3CCCCC3=O)c1)c1ccccc12. The normalized spacial score (nSPS) is 28.3. The van der Waals surface area contributed by atoms with Gasteiger partial charge in [0.1, 0.15) is 0 Å².